The monoisotopic (exact) mass is 794 g/mol. The molecule has 0 bridgehead atoms. The number of thiophene rings is 1. The lowest BCUT2D eigenvalue weighted by Gasteiger charge is -2.24. The first-order valence-corrected chi connectivity index (χ1v) is 22.4. The molecule has 0 fully saturated rings. The van der Waals surface area contributed by atoms with Crippen molar-refractivity contribution in [2.24, 2.45) is 0 Å². The Kier molecular flexibility index (Phi) is 7.11. The van der Waals surface area contributed by atoms with Gasteiger partial charge in [0.05, 0.1) is 0 Å². The Labute approximate surface area is 360 Å². The van der Waals surface area contributed by atoms with Crippen LogP contribution in [0, 0.1) is 0 Å². The third kappa shape index (κ3) is 4.76. The standard InChI is InChI=1S/C60H42S/c1-59(2)48-30-25-36-26-31-53-58(47-20-12-13-21-52(47)61-53)56(36)57(48)46-29-23-38(33-51(46)59)37-22-27-40-41-28-24-39(34-50(41)60(3,4)49(40)32-37)55-44-18-10-8-16-42(44)54(35-14-6-5-7-15-35)43-17-9-11-19-45(43)55/h5-34H,1-4H3. The maximum absolute atomic E-state index is 2.50. The predicted octanol–water partition coefficient (Wildman–Crippen LogP) is 17.1. The summed E-state index contributed by atoms with van der Waals surface area (Å²) in [7, 11) is 0. The van der Waals surface area contributed by atoms with E-state index in [1.165, 1.54) is 130 Å². The molecule has 0 atom stereocenters. The summed E-state index contributed by atoms with van der Waals surface area (Å²) in [6.45, 7) is 9.67. The van der Waals surface area contributed by atoms with Crippen LogP contribution in [-0.2, 0) is 10.8 Å². The number of fused-ring (bicyclic) bond motifs is 14. The molecule has 0 N–H and O–H groups in total. The number of rotatable bonds is 3. The molecule has 0 radical (unpaired) electrons. The Hall–Kier alpha value is -6.80. The molecule has 10 aromatic carbocycles. The number of hydrogen-bond donors (Lipinski definition) is 0. The highest BCUT2D eigenvalue weighted by Gasteiger charge is 2.39. The van der Waals surface area contributed by atoms with Gasteiger partial charge in [-0.05, 0) is 141 Å². The Morgan fingerprint density at radius 2 is 0.787 bits per heavy atom. The van der Waals surface area contributed by atoms with Gasteiger partial charge in [0.15, 0.2) is 0 Å². The lowest BCUT2D eigenvalue weighted by molar-refractivity contribution is 0.660. The molecule has 2 aliphatic carbocycles. The highest BCUT2D eigenvalue weighted by atomic mass is 32.1. The molecule has 61 heavy (non-hydrogen) atoms. The molecule has 288 valence electrons. The van der Waals surface area contributed by atoms with Crippen molar-refractivity contribution in [3.63, 3.8) is 0 Å². The van der Waals surface area contributed by atoms with Crippen LogP contribution in [0.15, 0.2) is 182 Å². The van der Waals surface area contributed by atoms with Gasteiger partial charge in [-0.3, -0.25) is 0 Å². The van der Waals surface area contributed by atoms with E-state index in [0.29, 0.717) is 0 Å². The number of benzene rings is 10. The maximum Gasteiger partial charge on any atom is 0.0362 e. The second-order valence-electron chi connectivity index (χ2n) is 18.4. The van der Waals surface area contributed by atoms with E-state index in [9.17, 15) is 0 Å². The topological polar surface area (TPSA) is 0 Å². The van der Waals surface area contributed by atoms with E-state index in [4.69, 9.17) is 0 Å². The molecule has 0 amide bonds. The van der Waals surface area contributed by atoms with Crippen LogP contribution in [0.25, 0.3) is 108 Å². The molecule has 2 aliphatic rings. The fourth-order valence-corrected chi connectivity index (χ4v) is 12.6. The van der Waals surface area contributed by atoms with Crippen molar-refractivity contribution in [3.05, 3.63) is 204 Å². The summed E-state index contributed by atoms with van der Waals surface area (Å²) in [6.07, 6.45) is 0. The Morgan fingerprint density at radius 1 is 0.311 bits per heavy atom. The van der Waals surface area contributed by atoms with E-state index in [0.717, 1.165) is 0 Å². The van der Waals surface area contributed by atoms with Crippen molar-refractivity contribution in [1.82, 2.24) is 0 Å². The van der Waals surface area contributed by atoms with Gasteiger partial charge in [0.1, 0.15) is 0 Å². The van der Waals surface area contributed by atoms with E-state index in [1.807, 2.05) is 11.3 Å². The van der Waals surface area contributed by atoms with Gasteiger partial charge in [-0.15, -0.1) is 11.3 Å². The maximum atomic E-state index is 2.50. The van der Waals surface area contributed by atoms with Crippen molar-refractivity contribution in [3.8, 4) is 55.6 Å². The second-order valence-corrected chi connectivity index (χ2v) is 19.4. The zero-order valence-corrected chi connectivity index (χ0v) is 35.5. The summed E-state index contributed by atoms with van der Waals surface area (Å²) < 4.78 is 2.72. The Bertz CT molecular complexity index is 3630. The van der Waals surface area contributed by atoms with Crippen LogP contribution < -0.4 is 0 Å². The molecule has 1 aromatic heterocycles. The Balaban J connectivity index is 0.934. The van der Waals surface area contributed by atoms with Crippen LogP contribution in [0.1, 0.15) is 49.9 Å². The first-order valence-electron chi connectivity index (χ1n) is 21.6. The molecule has 0 spiro atoms. The van der Waals surface area contributed by atoms with Crippen LogP contribution in [0.4, 0.5) is 0 Å². The zero-order chi connectivity index (χ0) is 40.8. The molecule has 0 unspecified atom stereocenters. The summed E-state index contributed by atoms with van der Waals surface area (Å²) in [5.41, 5.74) is 18.5. The highest BCUT2D eigenvalue weighted by Crippen LogP contribution is 2.56. The first kappa shape index (κ1) is 35.0. The van der Waals surface area contributed by atoms with Crippen LogP contribution in [0.3, 0.4) is 0 Å². The van der Waals surface area contributed by atoms with Gasteiger partial charge in [0.25, 0.3) is 0 Å². The average Bonchev–Trinajstić information content (AvgIpc) is 3.87. The third-order valence-electron chi connectivity index (χ3n) is 14.5. The van der Waals surface area contributed by atoms with Gasteiger partial charge < -0.3 is 0 Å². The molecular formula is C60H42S. The summed E-state index contributed by atoms with van der Waals surface area (Å²) >= 11 is 1.91. The van der Waals surface area contributed by atoms with Crippen LogP contribution in [0.5, 0.6) is 0 Å². The van der Waals surface area contributed by atoms with Gasteiger partial charge in [-0.2, -0.15) is 0 Å². The van der Waals surface area contributed by atoms with Crippen LogP contribution in [-0.4, -0.2) is 0 Å². The smallest absolute Gasteiger partial charge is 0.0362 e. The zero-order valence-electron chi connectivity index (χ0n) is 34.7. The molecule has 0 aliphatic heterocycles. The van der Waals surface area contributed by atoms with Crippen molar-refractivity contribution in [2.75, 3.05) is 0 Å². The fraction of sp³-hybridized carbons (Fsp3) is 0.100. The van der Waals surface area contributed by atoms with E-state index in [-0.39, 0.29) is 10.8 Å². The van der Waals surface area contributed by atoms with E-state index in [1.54, 1.807) is 0 Å². The van der Waals surface area contributed by atoms with E-state index >= 15 is 0 Å². The highest BCUT2D eigenvalue weighted by molar-refractivity contribution is 7.26. The van der Waals surface area contributed by atoms with Crippen molar-refractivity contribution >= 4 is 63.8 Å². The molecule has 1 heterocycles. The average molecular weight is 795 g/mol. The van der Waals surface area contributed by atoms with Crippen molar-refractivity contribution < 1.29 is 0 Å². The molecule has 0 saturated carbocycles. The van der Waals surface area contributed by atoms with Gasteiger partial charge in [-0.25, -0.2) is 0 Å². The van der Waals surface area contributed by atoms with E-state index in [2.05, 4.69) is 210 Å². The minimum atomic E-state index is -0.174. The third-order valence-corrected chi connectivity index (χ3v) is 15.6. The molecular weight excluding hydrogens is 753 g/mol. The lowest BCUT2D eigenvalue weighted by Crippen LogP contribution is -2.15. The molecule has 0 nitrogen and oxygen atoms in total. The van der Waals surface area contributed by atoms with Gasteiger partial charge in [0, 0.05) is 31.0 Å². The Morgan fingerprint density at radius 3 is 1.43 bits per heavy atom. The minimum absolute atomic E-state index is 0.126. The minimum Gasteiger partial charge on any atom is -0.135 e. The molecule has 0 saturated heterocycles. The van der Waals surface area contributed by atoms with Crippen LogP contribution >= 0.6 is 11.3 Å². The summed E-state index contributed by atoms with van der Waals surface area (Å²) in [5.74, 6) is 0. The SMILES string of the molecule is CC1(C)c2cc(-c3ccc4c(c3)C(C)(C)c3ccc5ccc6sc7ccccc7c6c5c3-4)ccc2-c2ccc(-c3c4ccccc4c(-c4ccccc4)c4ccccc34)cc21. The molecule has 13 rings (SSSR count). The largest absolute Gasteiger partial charge is 0.135 e. The summed E-state index contributed by atoms with van der Waals surface area (Å²) in [5, 5.41) is 10.6. The predicted molar refractivity (Wildman–Crippen MR) is 263 cm³/mol. The molecule has 1 heteroatoms. The van der Waals surface area contributed by atoms with E-state index < -0.39 is 0 Å². The van der Waals surface area contributed by atoms with Crippen LogP contribution in [0.2, 0.25) is 0 Å². The first-order chi connectivity index (χ1) is 29.8. The fourth-order valence-electron chi connectivity index (χ4n) is 11.5. The number of hydrogen-bond acceptors (Lipinski definition) is 1. The summed E-state index contributed by atoms with van der Waals surface area (Å²) in [4.78, 5) is 0. The van der Waals surface area contributed by atoms with Gasteiger partial charge in [0.2, 0.25) is 0 Å². The van der Waals surface area contributed by atoms with Crippen molar-refractivity contribution in [1.29, 1.82) is 0 Å². The second kappa shape index (κ2) is 12.4. The normalized spacial score (nSPS) is 14.5. The van der Waals surface area contributed by atoms with Gasteiger partial charge >= 0.3 is 0 Å². The van der Waals surface area contributed by atoms with Crippen molar-refractivity contribution in [2.45, 2.75) is 38.5 Å². The summed E-state index contributed by atoms with van der Waals surface area (Å²) in [6, 6.07) is 68.9. The quantitative estimate of drug-likeness (QED) is 0.156. The lowest BCUT2D eigenvalue weighted by atomic mass is 9.79. The van der Waals surface area contributed by atoms with Gasteiger partial charge in [-0.1, -0.05) is 179 Å². The molecule has 11 aromatic rings.